The molecule has 5 nitrogen and oxygen atoms in total. The van der Waals surface area contributed by atoms with E-state index < -0.39 is 4.92 Å². The van der Waals surface area contributed by atoms with Crippen molar-refractivity contribution < 1.29 is 4.92 Å². The lowest BCUT2D eigenvalue weighted by molar-refractivity contribution is -0.389. The molecule has 0 radical (unpaired) electrons. The number of alkyl halides is 1. The topological polar surface area (TPSA) is 71.8 Å². The third kappa shape index (κ3) is 2.27. The fourth-order valence-corrected chi connectivity index (χ4v) is 1.77. The first-order chi connectivity index (χ1) is 6.19. The molecule has 1 N–H and O–H groups in total. The second kappa shape index (κ2) is 4.36. The van der Waals surface area contributed by atoms with Crippen LogP contribution in [0.4, 0.5) is 5.82 Å². The van der Waals surface area contributed by atoms with Crippen LogP contribution in [-0.4, -0.2) is 20.2 Å². The van der Waals surface area contributed by atoms with Crippen LogP contribution in [0.2, 0.25) is 0 Å². The Labute approximate surface area is 83.8 Å². The molecule has 0 aromatic carbocycles. The van der Waals surface area contributed by atoms with Crippen LogP contribution >= 0.6 is 15.9 Å². The Morgan fingerprint density at radius 3 is 2.92 bits per heavy atom. The third-order valence-electron chi connectivity index (χ3n) is 1.84. The average Bonchev–Trinajstić information content (AvgIpc) is 2.56. The predicted molar refractivity (Wildman–Crippen MR) is 52.1 cm³/mol. The number of nitro groups is 1. The van der Waals surface area contributed by atoms with Gasteiger partial charge in [0.1, 0.15) is 6.20 Å². The van der Waals surface area contributed by atoms with Gasteiger partial charge in [0, 0.05) is 11.2 Å². The van der Waals surface area contributed by atoms with Crippen molar-refractivity contribution in [3.63, 3.8) is 0 Å². The summed E-state index contributed by atoms with van der Waals surface area (Å²) < 4.78 is 0. The highest BCUT2D eigenvalue weighted by Gasteiger charge is 2.17. The number of nitrogens with one attached hydrogen (secondary N) is 1. The molecule has 0 spiro atoms. The maximum atomic E-state index is 10.3. The van der Waals surface area contributed by atoms with E-state index in [1.165, 1.54) is 6.20 Å². The Balaban J connectivity index is 2.84. The Morgan fingerprint density at radius 1 is 1.85 bits per heavy atom. The number of aromatic nitrogens is 2. The second-order valence-electron chi connectivity index (χ2n) is 2.67. The number of aromatic amines is 1. The quantitative estimate of drug-likeness (QED) is 0.504. The van der Waals surface area contributed by atoms with Gasteiger partial charge < -0.3 is 10.1 Å². The van der Waals surface area contributed by atoms with Crippen molar-refractivity contribution >= 4 is 21.7 Å². The van der Waals surface area contributed by atoms with Crippen LogP contribution in [-0.2, 0) is 0 Å². The van der Waals surface area contributed by atoms with Crippen LogP contribution in [0.25, 0.3) is 0 Å². The zero-order valence-corrected chi connectivity index (χ0v) is 8.74. The fraction of sp³-hybridized carbons (Fsp3) is 0.571. The number of halogens is 1. The predicted octanol–water partition coefficient (Wildman–Crippen LogP) is 2.21. The van der Waals surface area contributed by atoms with E-state index in [4.69, 9.17) is 0 Å². The average molecular weight is 248 g/mol. The fourth-order valence-electron chi connectivity index (χ4n) is 1.00. The summed E-state index contributed by atoms with van der Waals surface area (Å²) in [6, 6.07) is 0. The molecule has 0 aliphatic carbocycles. The smallest absolute Gasteiger partial charge is 0.340 e. The standard InChI is InChI=1S/C7H10BrN3O2/c1-2-5(3-8)7-9-4-6(10-7)11(12)13/h4-5H,2-3H2,1H3,(H,9,10). The number of rotatable bonds is 4. The third-order valence-corrected chi connectivity index (χ3v) is 2.63. The lowest BCUT2D eigenvalue weighted by Gasteiger charge is -2.02. The lowest BCUT2D eigenvalue weighted by Crippen LogP contribution is -2.00. The monoisotopic (exact) mass is 247 g/mol. The number of hydrogen-bond acceptors (Lipinski definition) is 3. The molecule has 1 rings (SSSR count). The van der Waals surface area contributed by atoms with Gasteiger partial charge in [0.25, 0.3) is 0 Å². The van der Waals surface area contributed by atoms with Crippen molar-refractivity contribution in [3.8, 4) is 0 Å². The molecule has 6 heteroatoms. The number of imidazole rings is 1. The van der Waals surface area contributed by atoms with Gasteiger partial charge in [-0.15, -0.1) is 0 Å². The van der Waals surface area contributed by atoms with Crippen molar-refractivity contribution in [1.82, 2.24) is 9.97 Å². The summed E-state index contributed by atoms with van der Waals surface area (Å²) >= 11 is 3.33. The van der Waals surface area contributed by atoms with Crippen molar-refractivity contribution in [3.05, 3.63) is 22.1 Å². The zero-order valence-electron chi connectivity index (χ0n) is 7.16. The summed E-state index contributed by atoms with van der Waals surface area (Å²) in [5.74, 6) is 0.842. The maximum Gasteiger partial charge on any atom is 0.340 e. The van der Waals surface area contributed by atoms with Crippen LogP contribution in [0.5, 0.6) is 0 Å². The summed E-state index contributed by atoms with van der Waals surface area (Å²) in [5, 5.41) is 11.1. The molecule has 0 aliphatic rings. The Kier molecular flexibility index (Phi) is 3.41. The van der Waals surface area contributed by atoms with E-state index in [1.807, 2.05) is 6.92 Å². The van der Waals surface area contributed by atoms with Crippen molar-refractivity contribution in [2.75, 3.05) is 5.33 Å². The second-order valence-corrected chi connectivity index (χ2v) is 3.32. The molecule has 72 valence electrons. The molecule has 1 unspecified atom stereocenters. The van der Waals surface area contributed by atoms with E-state index in [0.29, 0.717) is 5.82 Å². The SMILES string of the molecule is CCC(CBr)c1ncc([N+](=O)[O-])[nH]1. The van der Waals surface area contributed by atoms with E-state index in [1.54, 1.807) is 0 Å². The molecular formula is C7H10BrN3O2. The van der Waals surface area contributed by atoms with Gasteiger partial charge in [0.2, 0.25) is 0 Å². The molecular weight excluding hydrogens is 238 g/mol. The molecule has 0 fully saturated rings. The van der Waals surface area contributed by atoms with Gasteiger partial charge in [-0.1, -0.05) is 22.9 Å². The van der Waals surface area contributed by atoms with Crippen LogP contribution in [0.3, 0.4) is 0 Å². The molecule has 0 aliphatic heterocycles. The molecule has 0 amide bonds. The summed E-state index contributed by atoms with van der Waals surface area (Å²) in [4.78, 5) is 16.5. The van der Waals surface area contributed by atoms with Gasteiger partial charge >= 0.3 is 5.82 Å². The largest absolute Gasteiger partial charge is 0.358 e. The molecule has 1 aromatic heterocycles. The van der Waals surface area contributed by atoms with Crippen LogP contribution in [0.15, 0.2) is 6.20 Å². The molecule has 1 aromatic rings. The van der Waals surface area contributed by atoms with Gasteiger partial charge in [0.15, 0.2) is 5.82 Å². The van der Waals surface area contributed by atoms with Gasteiger partial charge in [-0.2, -0.15) is 0 Å². The Hall–Kier alpha value is -0.910. The van der Waals surface area contributed by atoms with Crippen molar-refractivity contribution in [2.45, 2.75) is 19.3 Å². The van der Waals surface area contributed by atoms with E-state index in [0.717, 1.165) is 11.8 Å². The number of nitrogens with zero attached hydrogens (tertiary/aromatic N) is 2. The van der Waals surface area contributed by atoms with Gasteiger partial charge in [-0.25, -0.2) is 9.97 Å². The normalized spacial score (nSPS) is 12.8. The minimum Gasteiger partial charge on any atom is -0.358 e. The van der Waals surface area contributed by atoms with E-state index >= 15 is 0 Å². The summed E-state index contributed by atoms with van der Waals surface area (Å²) in [7, 11) is 0. The van der Waals surface area contributed by atoms with Crippen molar-refractivity contribution in [2.24, 2.45) is 0 Å². The molecule has 0 saturated carbocycles. The van der Waals surface area contributed by atoms with E-state index in [-0.39, 0.29) is 11.7 Å². The van der Waals surface area contributed by atoms with Crippen LogP contribution in [0.1, 0.15) is 25.1 Å². The highest BCUT2D eigenvalue weighted by molar-refractivity contribution is 9.09. The molecule has 1 atom stereocenters. The summed E-state index contributed by atoms with van der Waals surface area (Å²) in [6.07, 6.45) is 2.15. The molecule has 0 saturated heterocycles. The van der Waals surface area contributed by atoms with Crippen LogP contribution in [0, 0.1) is 10.1 Å². The van der Waals surface area contributed by atoms with E-state index in [2.05, 4.69) is 25.9 Å². The molecule has 1 heterocycles. The zero-order chi connectivity index (χ0) is 9.84. The highest BCUT2D eigenvalue weighted by Crippen LogP contribution is 2.20. The first kappa shape index (κ1) is 10.2. The highest BCUT2D eigenvalue weighted by atomic mass is 79.9. The molecule has 0 bridgehead atoms. The first-order valence-electron chi connectivity index (χ1n) is 3.94. The Bertz CT molecular complexity index is 296. The van der Waals surface area contributed by atoms with Gasteiger partial charge in [-0.05, 0) is 11.3 Å². The lowest BCUT2D eigenvalue weighted by atomic mass is 10.1. The summed E-state index contributed by atoms with van der Waals surface area (Å²) in [6.45, 7) is 2.01. The number of H-pyrrole nitrogens is 1. The van der Waals surface area contributed by atoms with Crippen molar-refractivity contribution in [1.29, 1.82) is 0 Å². The van der Waals surface area contributed by atoms with E-state index in [9.17, 15) is 10.1 Å². The molecule has 13 heavy (non-hydrogen) atoms. The summed E-state index contributed by atoms with van der Waals surface area (Å²) in [5.41, 5.74) is 0. The number of hydrogen-bond donors (Lipinski definition) is 1. The maximum absolute atomic E-state index is 10.3. The van der Waals surface area contributed by atoms with Gasteiger partial charge in [-0.3, -0.25) is 0 Å². The minimum absolute atomic E-state index is 0.0469. The Morgan fingerprint density at radius 2 is 2.54 bits per heavy atom. The van der Waals surface area contributed by atoms with Crippen LogP contribution < -0.4 is 0 Å². The van der Waals surface area contributed by atoms with Gasteiger partial charge in [0.05, 0.1) is 0 Å². The minimum atomic E-state index is -0.475. The first-order valence-corrected chi connectivity index (χ1v) is 5.06.